The van der Waals surface area contributed by atoms with E-state index < -0.39 is 5.92 Å². The Morgan fingerprint density at radius 3 is 2.43 bits per heavy atom. The highest BCUT2D eigenvalue weighted by molar-refractivity contribution is 6.00. The molecule has 0 saturated heterocycles. The highest BCUT2D eigenvalue weighted by atomic mass is 16.5. The van der Waals surface area contributed by atoms with Crippen molar-refractivity contribution in [1.29, 1.82) is 0 Å². The number of nitrogens with zero attached hydrogens (tertiary/aromatic N) is 2. The summed E-state index contributed by atoms with van der Waals surface area (Å²) < 4.78 is 7.20. The molecule has 5 heteroatoms. The van der Waals surface area contributed by atoms with Crippen LogP contribution in [-0.4, -0.2) is 41.0 Å². The number of ether oxygens (including phenoxy) is 1. The van der Waals surface area contributed by atoms with Gasteiger partial charge >= 0.3 is 5.97 Å². The number of fused-ring (bicyclic) bond motifs is 3. The Morgan fingerprint density at radius 1 is 1.07 bits per heavy atom. The third kappa shape index (κ3) is 2.87. The minimum absolute atomic E-state index is 0.0272. The maximum atomic E-state index is 13.4. The predicted molar refractivity (Wildman–Crippen MR) is 108 cm³/mol. The molecule has 1 amide bonds. The number of para-hydroxylation sites is 1. The Kier molecular flexibility index (Phi) is 4.67. The van der Waals surface area contributed by atoms with Gasteiger partial charge in [0.15, 0.2) is 0 Å². The maximum Gasteiger partial charge on any atom is 0.312 e. The van der Waals surface area contributed by atoms with Gasteiger partial charge in [-0.05, 0) is 31.5 Å². The summed E-state index contributed by atoms with van der Waals surface area (Å²) in [5.74, 6) is -0.868. The lowest BCUT2D eigenvalue weighted by molar-refractivity contribution is -0.147. The number of rotatable bonds is 3. The topological polar surface area (TPSA) is 51.5 Å². The lowest BCUT2D eigenvalue weighted by Crippen LogP contribution is -2.42. The lowest BCUT2D eigenvalue weighted by atomic mass is 9.92. The molecule has 0 N–H and O–H groups in total. The second kappa shape index (κ2) is 7.15. The van der Waals surface area contributed by atoms with Crippen molar-refractivity contribution in [3.8, 4) is 0 Å². The van der Waals surface area contributed by atoms with Crippen LogP contribution in [0.5, 0.6) is 0 Å². The molecule has 3 aromatic rings. The number of benzene rings is 2. The number of amides is 1. The Bertz CT molecular complexity index is 1020. The molecular formula is C23H24N2O3. The van der Waals surface area contributed by atoms with E-state index in [2.05, 4.69) is 0 Å². The highest BCUT2D eigenvalue weighted by Crippen LogP contribution is 2.37. The van der Waals surface area contributed by atoms with Crippen molar-refractivity contribution < 1.29 is 14.3 Å². The second-order valence-electron chi connectivity index (χ2n) is 7.49. The summed E-state index contributed by atoms with van der Waals surface area (Å²) in [5, 5.41) is 0.987. The van der Waals surface area contributed by atoms with E-state index >= 15 is 0 Å². The van der Waals surface area contributed by atoms with Gasteiger partial charge in [0, 0.05) is 23.5 Å². The molecule has 2 atom stereocenters. The number of aromatic nitrogens is 1. The molecule has 0 radical (unpaired) electrons. The van der Waals surface area contributed by atoms with Crippen molar-refractivity contribution in [3.05, 3.63) is 71.9 Å². The Labute approximate surface area is 164 Å². The van der Waals surface area contributed by atoms with Gasteiger partial charge in [0.25, 0.3) is 5.91 Å². The zero-order valence-electron chi connectivity index (χ0n) is 16.3. The fourth-order valence-corrected chi connectivity index (χ4v) is 4.19. The van der Waals surface area contributed by atoms with E-state index in [0.29, 0.717) is 12.2 Å². The van der Waals surface area contributed by atoms with Crippen molar-refractivity contribution in [1.82, 2.24) is 9.47 Å². The van der Waals surface area contributed by atoms with Gasteiger partial charge in [-0.25, -0.2) is 0 Å². The quantitative estimate of drug-likeness (QED) is 0.652. The van der Waals surface area contributed by atoms with Gasteiger partial charge < -0.3 is 14.2 Å². The van der Waals surface area contributed by atoms with Crippen LogP contribution < -0.4 is 0 Å². The molecule has 1 aliphatic rings. The number of hydrogen-bond acceptors (Lipinski definition) is 3. The number of carbonyl (C=O) groups excluding carboxylic acids is 2. The fourth-order valence-electron chi connectivity index (χ4n) is 4.19. The van der Waals surface area contributed by atoms with Gasteiger partial charge in [-0.15, -0.1) is 0 Å². The van der Waals surface area contributed by atoms with Crippen molar-refractivity contribution in [2.45, 2.75) is 25.9 Å². The monoisotopic (exact) mass is 376 g/mol. The Balaban J connectivity index is 2.04. The molecule has 0 bridgehead atoms. The average molecular weight is 376 g/mol. The van der Waals surface area contributed by atoms with Crippen LogP contribution in [0.1, 0.15) is 35.9 Å². The van der Waals surface area contributed by atoms with Gasteiger partial charge in [0.2, 0.25) is 0 Å². The summed E-state index contributed by atoms with van der Waals surface area (Å²) in [6, 6.07) is 19.4. The standard InChI is InChI=1S/C23H24N2O3/c1-15(2)24-14-18(23(27)28-3)21(16-9-5-4-6-10-16)25-19-12-8-7-11-17(19)13-20(25)22(24)26/h4-13,15,18,21H,14H2,1-3H3/t18-,21?/m0/s1. The molecule has 1 aromatic heterocycles. The molecule has 5 nitrogen and oxygen atoms in total. The van der Waals surface area contributed by atoms with E-state index in [9.17, 15) is 9.59 Å². The summed E-state index contributed by atoms with van der Waals surface area (Å²) >= 11 is 0. The Hall–Kier alpha value is -3.08. The third-order valence-corrected chi connectivity index (χ3v) is 5.55. The smallest absolute Gasteiger partial charge is 0.312 e. The van der Waals surface area contributed by atoms with Crippen LogP contribution in [0.3, 0.4) is 0 Å². The van der Waals surface area contributed by atoms with Crippen LogP contribution in [0.2, 0.25) is 0 Å². The minimum Gasteiger partial charge on any atom is -0.469 e. The first kappa shape index (κ1) is 18.3. The number of carbonyl (C=O) groups is 2. The first-order valence-electron chi connectivity index (χ1n) is 9.56. The van der Waals surface area contributed by atoms with Crippen molar-refractivity contribution >= 4 is 22.8 Å². The van der Waals surface area contributed by atoms with Gasteiger partial charge in [-0.2, -0.15) is 0 Å². The summed E-state index contributed by atoms with van der Waals surface area (Å²) in [4.78, 5) is 28.1. The van der Waals surface area contributed by atoms with Crippen LogP contribution in [0.4, 0.5) is 0 Å². The predicted octanol–water partition coefficient (Wildman–Crippen LogP) is 3.88. The normalized spacial score (nSPS) is 19.6. The molecule has 0 saturated carbocycles. The molecule has 144 valence electrons. The average Bonchev–Trinajstić information content (AvgIpc) is 3.03. The van der Waals surface area contributed by atoms with Crippen LogP contribution in [-0.2, 0) is 9.53 Å². The van der Waals surface area contributed by atoms with Crippen LogP contribution >= 0.6 is 0 Å². The van der Waals surface area contributed by atoms with Crippen LogP contribution in [0.25, 0.3) is 10.9 Å². The molecule has 0 aliphatic carbocycles. The molecule has 0 fully saturated rings. The van der Waals surface area contributed by atoms with E-state index in [0.717, 1.165) is 16.5 Å². The summed E-state index contributed by atoms with van der Waals surface area (Å²) in [6.07, 6.45) is 0. The fraction of sp³-hybridized carbons (Fsp3) is 0.304. The third-order valence-electron chi connectivity index (χ3n) is 5.55. The molecule has 28 heavy (non-hydrogen) atoms. The van der Waals surface area contributed by atoms with Gasteiger partial charge in [0.05, 0.1) is 19.1 Å². The highest BCUT2D eigenvalue weighted by Gasteiger charge is 2.41. The van der Waals surface area contributed by atoms with E-state index in [4.69, 9.17) is 4.74 Å². The largest absolute Gasteiger partial charge is 0.469 e. The van der Waals surface area contributed by atoms with Crippen LogP contribution in [0, 0.1) is 5.92 Å². The number of hydrogen-bond donors (Lipinski definition) is 0. The molecule has 1 aliphatic heterocycles. The zero-order chi connectivity index (χ0) is 19.8. The van der Waals surface area contributed by atoms with Crippen LogP contribution in [0.15, 0.2) is 60.7 Å². The first-order valence-corrected chi connectivity index (χ1v) is 9.56. The van der Waals surface area contributed by atoms with Crippen molar-refractivity contribution in [3.63, 3.8) is 0 Å². The molecule has 1 unspecified atom stereocenters. The Morgan fingerprint density at radius 2 is 1.75 bits per heavy atom. The van der Waals surface area contributed by atoms with Crippen molar-refractivity contribution in [2.75, 3.05) is 13.7 Å². The van der Waals surface area contributed by atoms with Gasteiger partial charge in [-0.1, -0.05) is 48.5 Å². The number of methoxy groups -OCH3 is 1. The summed E-state index contributed by atoms with van der Waals surface area (Å²) in [7, 11) is 1.41. The van der Waals surface area contributed by atoms with E-state index in [-0.39, 0.29) is 24.0 Å². The van der Waals surface area contributed by atoms with E-state index in [1.165, 1.54) is 7.11 Å². The van der Waals surface area contributed by atoms with Crippen molar-refractivity contribution in [2.24, 2.45) is 5.92 Å². The first-order chi connectivity index (χ1) is 13.5. The molecule has 0 spiro atoms. The summed E-state index contributed by atoms with van der Waals surface area (Å²) in [5.41, 5.74) is 2.54. The SMILES string of the molecule is COC(=O)[C@H]1CN(C(C)C)C(=O)c2cc3ccccc3n2C1c1ccccc1. The molecule has 4 rings (SSSR count). The molecular weight excluding hydrogens is 352 g/mol. The molecule has 2 aromatic carbocycles. The van der Waals surface area contributed by atoms with E-state index in [1.54, 1.807) is 4.90 Å². The lowest BCUT2D eigenvalue weighted by Gasteiger charge is -2.30. The summed E-state index contributed by atoms with van der Waals surface area (Å²) in [6.45, 7) is 4.27. The number of esters is 1. The minimum atomic E-state index is -0.504. The van der Waals surface area contributed by atoms with E-state index in [1.807, 2.05) is 79.1 Å². The van der Waals surface area contributed by atoms with Gasteiger partial charge in [0.1, 0.15) is 5.69 Å². The maximum absolute atomic E-state index is 13.4. The van der Waals surface area contributed by atoms with Gasteiger partial charge in [-0.3, -0.25) is 9.59 Å². The molecule has 2 heterocycles. The zero-order valence-corrected chi connectivity index (χ0v) is 16.3. The second-order valence-corrected chi connectivity index (χ2v) is 7.49.